The minimum Gasteiger partial charge on any atom is -0.493 e. The Balaban J connectivity index is 1.94. The molecule has 32 heavy (non-hydrogen) atoms. The van der Waals surface area contributed by atoms with Gasteiger partial charge in [-0.1, -0.05) is 41.9 Å². The van der Waals surface area contributed by atoms with E-state index in [0.717, 1.165) is 11.1 Å². The lowest BCUT2D eigenvalue weighted by molar-refractivity contribution is 0.269. The summed E-state index contributed by atoms with van der Waals surface area (Å²) in [6.07, 6.45) is 1.75. The molecule has 0 atom stereocenters. The van der Waals surface area contributed by atoms with Gasteiger partial charge in [0.25, 0.3) is 0 Å². The number of hydrogen-bond donors (Lipinski definition) is 0. The second-order valence-electron chi connectivity index (χ2n) is 6.78. The molecule has 0 bridgehead atoms. The fraction of sp³-hybridized carbons (Fsp3) is 0.192. The molecule has 0 radical (unpaired) electrons. The molecule has 6 heteroatoms. The molecule has 0 aliphatic rings. The Morgan fingerprint density at radius 3 is 2.34 bits per heavy atom. The van der Waals surface area contributed by atoms with Crippen molar-refractivity contribution in [1.82, 2.24) is 0 Å². The van der Waals surface area contributed by atoms with E-state index < -0.39 is 0 Å². The van der Waals surface area contributed by atoms with Crippen LogP contribution in [0.15, 0.2) is 60.7 Å². The Morgan fingerprint density at radius 1 is 0.938 bits per heavy atom. The van der Waals surface area contributed by atoms with Gasteiger partial charge < -0.3 is 18.9 Å². The minimum absolute atomic E-state index is 0.366. The van der Waals surface area contributed by atoms with Gasteiger partial charge in [-0.2, -0.15) is 5.26 Å². The monoisotopic (exact) mass is 449 g/mol. The Bertz CT molecular complexity index is 1140. The molecule has 0 amide bonds. The number of nitriles is 1. The van der Waals surface area contributed by atoms with Crippen LogP contribution in [0, 0.1) is 11.3 Å². The predicted octanol–water partition coefficient (Wildman–Crippen LogP) is 6.40. The van der Waals surface area contributed by atoms with Gasteiger partial charge in [0.1, 0.15) is 6.61 Å². The van der Waals surface area contributed by atoms with Crippen molar-refractivity contribution in [1.29, 1.82) is 5.26 Å². The number of methoxy groups -OCH3 is 2. The largest absolute Gasteiger partial charge is 0.493 e. The lowest BCUT2D eigenvalue weighted by Crippen LogP contribution is -2.01. The summed E-state index contributed by atoms with van der Waals surface area (Å²) in [7, 11) is 3.12. The molecule has 5 nitrogen and oxygen atoms in total. The lowest BCUT2D eigenvalue weighted by atomic mass is 10.0. The standard InChI is InChI=1S/C26H24ClNO4/c1-4-31-25-14-19(13-22(27)26(25)32-17-18-8-6-5-7-9-18)12-21(16-28)20-10-11-23(29-2)24(15-20)30-3/h5-15H,4,17H2,1-3H3/b21-12+. The Morgan fingerprint density at radius 2 is 1.69 bits per heavy atom. The maximum Gasteiger partial charge on any atom is 0.180 e. The highest BCUT2D eigenvalue weighted by atomic mass is 35.5. The summed E-state index contributed by atoms with van der Waals surface area (Å²) in [5.41, 5.74) is 2.89. The number of allylic oxidation sites excluding steroid dienone is 1. The summed E-state index contributed by atoms with van der Waals surface area (Å²) in [6.45, 7) is 2.71. The Hall–Kier alpha value is -3.62. The van der Waals surface area contributed by atoms with Crippen LogP contribution in [0.4, 0.5) is 0 Å². The quantitative estimate of drug-likeness (QED) is 0.279. The van der Waals surface area contributed by atoms with Crippen molar-refractivity contribution < 1.29 is 18.9 Å². The van der Waals surface area contributed by atoms with E-state index in [4.69, 9.17) is 30.5 Å². The van der Waals surface area contributed by atoms with Crippen molar-refractivity contribution in [2.75, 3.05) is 20.8 Å². The SMILES string of the molecule is CCOc1cc(/C=C(\C#N)c2ccc(OC)c(OC)c2)cc(Cl)c1OCc1ccccc1. The number of benzene rings is 3. The fourth-order valence-electron chi connectivity index (χ4n) is 3.15. The average Bonchev–Trinajstić information content (AvgIpc) is 2.82. The number of rotatable bonds is 9. The molecule has 3 rings (SSSR count). The lowest BCUT2D eigenvalue weighted by Gasteiger charge is -2.15. The summed E-state index contributed by atoms with van der Waals surface area (Å²) in [4.78, 5) is 0. The van der Waals surface area contributed by atoms with Crippen molar-refractivity contribution in [3.8, 4) is 29.1 Å². The molecule has 0 aliphatic carbocycles. The maximum atomic E-state index is 9.76. The van der Waals surface area contributed by atoms with Crippen molar-refractivity contribution >= 4 is 23.3 Å². The van der Waals surface area contributed by atoms with Gasteiger partial charge in [0.2, 0.25) is 0 Å². The van der Waals surface area contributed by atoms with Crippen LogP contribution in [0.2, 0.25) is 5.02 Å². The summed E-state index contributed by atoms with van der Waals surface area (Å²) >= 11 is 6.54. The summed E-state index contributed by atoms with van der Waals surface area (Å²) in [6, 6.07) is 20.9. The molecule has 0 aliphatic heterocycles. The number of halogens is 1. The van der Waals surface area contributed by atoms with E-state index in [-0.39, 0.29) is 0 Å². The van der Waals surface area contributed by atoms with Crippen LogP contribution < -0.4 is 18.9 Å². The topological polar surface area (TPSA) is 60.7 Å². The van der Waals surface area contributed by atoms with Crippen LogP contribution in [0.1, 0.15) is 23.6 Å². The van der Waals surface area contributed by atoms with E-state index in [1.54, 1.807) is 44.6 Å². The van der Waals surface area contributed by atoms with Gasteiger partial charge >= 0.3 is 0 Å². The van der Waals surface area contributed by atoms with Crippen LogP contribution in [0.5, 0.6) is 23.0 Å². The molecule has 3 aromatic rings. The van der Waals surface area contributed by atoms with E-state index >= 15 is 0 Å². The smallest absolute Gasteiger partial charge is 0.180 e. The highest BCUT2D eigenvalue weighted by molar-refractivity contribution is 6.32. The molecule has 0 aromatic heterocycles. The van der Waals surface area contributed by atoms with Crippen molar-refractivity contribution in [3.05, 3.63) is 82.4 Å². The predicted molar refractivity (Wildman–Crippen MR) is 126 cm³/mol. The zero-order valence-corrected chi connectivity index (χ0v) is 19.0. The zero-order valence-electron chi connectivity index (χ0n) is 18.2. The van der Waals surface area contributed by atoms with E-state index in [9.17, 15) is 5.26 Å². The van der Waals surface area contributed by atoms with Crippen LogP contribution in [-0.2, 0) is 6.61 Å². The molecule has 0 fully saturated rings. The molecule has 3 aromatic carbocycles. The third-order valence-electron chi connectivity index (χ3n) is 4.68. The van der Waals surface area contributed by atoms with Gasteiger partial charge in [0.05, 0.1) is 37.5 Å². The van der Waals surface area contributed by atoms with Crippen LogP contribution >= 0.6 is 11.6 Å². The van der Waals surface area contributed by atoms with E-state index in [1.807, 2.05) is 43.3 Å². The van der Waals surface area contributed by atoms with Crippen LogP contribution in [0.3, 0.4) is 0 Å². The van der Waals surface area contributed by atoms with E-state index in [0.29, 0.717) is 52.4 Å². The molecule has 164 valence electrons. The first-order valence-electron chi connectivity index (χ1n) is 10.1. The van der Waals surface area contributed by atoms with E-state index in [2.05, 4.69) is 6.07 Å². The Kier molecular flexibility index (Phi) is 8.02. The van der Waals surface area contributed by atoms with Gasteiger partial charge in [-0.25, -0.2) is 0 Å². The Labute approximate surface area is 193 Å². The molecule has 0 heterocycles. The van der Waals surface area contributed by atoms with Gasteiger partial charge in [-0.3, -0.25) is 0 Å². The normalized spacial score (nSPS) is 10.9. The second kappa shape index (κ2) is 11.1. The highest BCUT2D eigenvalue weighted by Crippen LogP contribution is 2.38. The van der Waals surface area contributed by atoms with Gasteiger partial charge in [-0.15, -0.1) is 0 Å². The van der Waals surface area contributed by atoms with Crippen molar-refractivity contribution in [2.45, 2.75) is 13.5 Å². The van der Waals surface area contributed by atoms with Crippen molar-refractivity contribution in [3.63, 3.8) is 0 Å². The highest BCUT2D eigenvalue weighted by Gasteiger charge is 2.14. The third-order valence-corrected chi connectivity index (χ3v) is 4.96. The third kappa shape index (κ3) is 5.54. The number of nitrogens with zero attached hydrogens (tertiary/aromatic N) is 1. The average molecular weight is 450 g/mol. The fourth-order valence-corrected chi connectivity index (χ4v) is 3.43. The first-order chi connectivity index (χ1) is 15.6. The first kappa shape index (κ1) is 23.1. The molecular formula is C26H24ClNO4. The van der Waals surface area contributed by atoms with Gasteiger partial charge in [0, 0.05) is 0 Å². The molecule has 0 unspecified atom stereocenters. The summed E-state index contributed by atoms with van der Waals surface area (Å²) < 4.78 is 22.4. The molecule has 0 N–H and O–H groups in total. The zero-order chi connectivity index (χ0) is 22.9. The number of hydrogen-bond acceptors (Lipinski definition) is 5. The first-order valence-corrected chi connectivity index (χ1v) is 10.4. The van der Waals surface area contributed by atoms with Crippen molar-refractivity contribution in [2.24, 2.45) is 0 Å². The summed E-state index contributed by atoms with van der Waals surface area (Å²) in [5.74, 6) is 2.13. The second-order valence-corrected chi connectivity index (χ2v) is 7.18. The minimum atomic E-state index is 0.366. The van der Waals surface area contributed by atoms with Gasteiger partial charge in [0.15, 0.2) is 23.0 Å². The van der Waals surface area contributed by atoms with Crippen LogP contribution in [-0.4, -0.2) is 20.8 Å². The van der Waals surface area contributed by atoms with Crippen LogP contribution in [0.25, 0.3) is 11.6 Å². The maximum absolute atomic E-state index is 9.76. The number of ether oxygens (including phenoxy) is 4. The molecule has 0 saturated heterocycles. The molecule has 0 saturated carbocycles. The molecule has 0 spiro atoms. The molecular weight excluding hydrogens is 426 g/mol. The van der Waals surface area contributed by atoms with Gasteiger partial charge in [-0.05, 0) is 60.0 Å². The summed E-state index contributed by atoms with van der Waals surface area (Å²) in [5, 5.41) is 10.2. The van der Waals surface area contributed by atoms with E-state index in [1.165, 1.54) is 0 Å².